The Balaban J connectivity index is 2.11. The van der Waals surface area contributed by atoms with E-state index in [1.54, 1.807) is 5.56 Å². The quantitative estimate of drug-likeness (QED) is 0.763. The minimum atomic E-state index is 0.417. The molecule has 17 heavy (non-hydrogen) atoms. The molecule has 1 aliphatic carbocycles. The Morgan fingerprint density at radius 1 is 1.35 bits per heavy atom. The van der Waals surface area contributed by atoms with Crippen LogP contribution in [0.4, 0.5) is 0 Å². The van der Waals surface area contributed by atoms with Crippen LogP contribution in [0, 0.1) is 12.8 Å². The zero-order valence-corrected chi connectivity index (χ0v) is 11.4. The van der Waals surface area contributed by atoms with Crippen LogP contribution in [0.25, 0.3) is 0 Å². The molecule has 0 spiro atoms. The van der Waals surface area contributed by atoms with Crippen LogP contribution in [0.3, 0.4) is 0 Å². The van der Waals surface area contributed by atoms with Gasteiger partial charge in [-0.2, -0.15) is 0 Å². The van der Waals surface area contributed by atoms with E-state index in [-0.39, 0.29) is 0 Å². The third-order valence-corrected chi connectivity index (χ3v) is 4.00. The lowest BCUT2D eigenvalue weighted by Gasteiger charge is -2.47. The van der Waals surface area contributed by atoms with Crippen molar-refractivity contribution in [2.75, 3.05) is 13.1 Å². The molecule has 1 fully saturated rings. The van der Waals surface area contributed by atoms with Crippen LogP contribution in [0.1, 0.15) is 44.2 Å². The predicted octanol–water partition coefficient (Wildman–Crippen LogP) is 3.66. The molecule has 1 nitrogen and oxygen atoms in total. The first-order valence-corrected chi connectivity index (χ1v) is 6.94. The van der Waals surface area contributed by atoms with Gasteiger partial charge in [0, 0.05) is 12.0 Å². The Morgan fingerprint density at radius 3 is 2.71 bits per heavy atom. The number of benzene rings is 1. The SMILES string of the molecule is CCCNCC1(c2cccc(C)c2)CC(C)C1. The standard InChI is InChI=1S/C16H25N/c1-4-8-17-12-16(10-14(3)11-16)15-7-5-6-13(2)9-15/h5-7,9,14,17H,4,8,10-12H2,1-3H3. The summed E-state index contributed by atoms with van der Waals surface area (Å²) in [6.07, 6.45) is 3.90. The number of rotatable bonds is 5. The Morgan fingerprint density at radius 2 is 2.12 bits per heavy atom. The highest BCUT2D eigenvalue weighted by Gasteiger charge is 2.42. The van der Waals surface area contributed by atoms with Crippen LogP contribution >= 0.6 is 0 Å². The molecule has 0 unspecified atom stereocenters. The molecule has 94 valence electrons. The molecule has 0 atom stereocenters. The summed E-state index contributed by atoms with van der Waals surface area (Å²) in [6, 6.07) is 9.08. The van der Waals surface area contributed by atoms with E-state index in [1.165, 1.54) is 24.8 Å². The molecular weight excluding hydrogens is 206 g/mol. The first-order chi connectivity index (χ1) is 8.16. The second-order valence-corrected chi connectivity index (χ2v) is 5.84. The maximum atomic E-state index is 3.62. The average Bonchev–Trinajstić information content (AvgIpc) is 2.26. The first-order valence-electron chi connectivity index (χ1n) is 6.94. The fourth-order valence-electron chi connectivity index (χ4n) is 3.24. The van der Waals surface area contributed by atoms with Gasteiger partial charge in [0.15, 0.2) is 0 Å². The summed E-state index contributed by atoms with van der Waals surface area (Å²) in [5, 5.41) is 3.62. The Kier molecular flexibility index (Phi) is 3.88. The van der Waals surface area contributed by atoms with Gasteiger partial charge in [-0.05, 0) is 44.2 Å². The van der Waals surface area contributed by atoms with E-state index < -0.39 is 0 Å². The summed E-state index contributed by atoms with van der Waals surface area (Å²) >= 11 is 0. The highest BCUT2D eigenvalue weighted by atomic mass is 14.9. The molecule has 0 bridgehead atoms. The van der Waals surface area contributed by atoms with Crippen LogP contribution < -0.4 is 5.32 Å². The molecule has 0 radical (unpaired) electrons. The van der Waals surface area contributed by atoms with E-state index in [2.05, 4.69) is 50.4 Å². The molecule has 0 saturated heterocycles. The van der Waals surface area contributed by atoms with E-state index in [4.69, 9.17) is 0 Å². The van der Waals surface area contributed by atoms with Crippen LogP contribution in [0.15, 0.2) is 24.3 Å². The topological polar surface area (TPSA) is 12.0 Å². The van der Waals surface area contributed by atoms with Gasteiger partial charge in [0.25, 0.3) is 0 Å². The van der Waals surface area contributed by atoms with Crippen LogP contribution in [-0.2, 0) is 5.41 Å². The molecule has 0 amide bonds. The van der Waals surface area contributed by atoms with E-state index in [0.29, 0.717) is 5.41 Å². The van der Waals surface area contributed by atoms with Crippen molar-refractivity contribution in [3.63, 3.8) is 0 Å². The third kappa shape index (κ3) is 2.71. The van der Waals surface area contributed by atoms with Crippen LogP contribution in [0.2, 0.25) is 0 Å². The number of hydrogen-bond donors (Lipinski definition) is 1. The molecule has 1 aromatic rings. The molecule has 1 aromatic carbocycles. The maximum absolute atomic E-state index is 3.62. The molecule has 1 heteroatoms. The minimum absolute atomic E-state index is 0.417. The molecule has 0 aromatic heterocycles. The van der Waals surface area contributed by atoms with Crippen molar-refractivity contribution in [1.82, 2.24) is 5.32 Å². The summed E-state index contributed by atoms with van der Waals surface area (Å²) in [5.74, 6) is 0.888. The maximum Gasteiger partial charge on any atom is 0.00829 e. The molecule has 0 heterocycles. The van der Waals surface area contributed by atoms with E-state index >= 15 is 0 Å². The summed E-state index contributed by atoms with van der Waals surface area (Å²) in [5.41, 5.74) is 3.34. The lowest BCUT2D eigenvalue weighted by molar-refractivity contribution is 0.153. The van der Waals surface area contributed by atoms with Gasteiger partial charge >= 0.3 is 0 Å². The Bertz CT molecular complexity index is 364. The lowest BCUT2D eigenvalue weighted by atomic mass is 9.59. The van der Waals surface area contributed by atoms with Crippen molar-refractivity contribution in [2.45, 2.75) is 45.4 Å². The highest BCUT2D eigenvalue weighted by Crippen LogP contribution is 2.47. The van der Waals surface area contributed by atoms with Crippen molar-refractivity contribution < 1.29 is 0 Å². The van der Waals surface area contributed by atoms with Crippen molar-refractivity contribution in [2.24, 2.45) is 5.92 Å². The summed E-state index contributed by atoms with van der Waals surface area (Å²) in [6.45, 7) is 9.08. The van der Waals surface area contributed by atoms with Gasteiger partial charge in [-0.25, -0.2) is 0 Å². The molecule has 2 rings (SSSR count). The molecule has 1 N–H and O–H groups in total. The fourth-order valence-corrected chi connectivity index (χ4v) is 3.24. The zero-order valence-electron chi connectivity index (χ0n) is 11.4. The number of nitrogens with one attached hydrogen (secondary N) is 1. The van der Waals surface area contributed by atoms with Gasteiger partial charge in [-0.1, -0.05) is 43.7 Å². The molecule has 0 aliphatic heterocycles. The van der Waals surface area contributed by atoms with Crippen LogP contribution in [-0.4, -0.2) is 13.1 Å². The third-order valence-electron chi connectivity index (χ3n) is 4.00. The van der Waals surface area contributed by atoms with Crippen molar-refractivity contribution in [1.29, 1.82) is 0 Å². The van der Waals surface area contributed by atoms with Gasteiger partial charge in [0.1, 0.15) is 0 Å². The average molecular weight is 231 g/mol. The van der Waals surface area contributed by atoms with Gasteiger partial charge < -0.3 is 5.32 Å². The minimum Gasteiger partial charge on any atom is -0.316 e. The second-order valence-electron chi connectivity index (χ2n) is 5.84. The van der Waals surface area contributed by atoms with Gasteiger partial charge in [0.2, 0.25) is 0 Å². The van der Waals surface area contributed by atoms with E-state index in [9.17, 15) is 0 Å². The summed E-state index contributed by atoms with van der Waals surface area (Å²) in [7, 11) is 0. The summed E-state index contributed by atoms with van der Waals surface area (Å²) in [4.78, 5) is 0. The smallest absolute Gasteiger partial charge is 0.00829 e. The highest BCUT2D eigenvalue weighted by molar-refractivity contribution is 5.32. The van der Waals surface area contributed by atoms with E-state index in [0.717, 1.165) is 19.0 Å². The first kappa shape index (κ1) is 12.6. The normalized spacial score (nSPS) is 27.8. The fraction of sp³-hybridized carbons (Fsp3) is 0.625. The molecule has 1 aliphatic rings. The Labute approximate surface area is 106 Å². The number of hydrogen-bond acceptors (Lipinski definition) is 1. The largest absolute Gasteiger partial charge is 0.316 e. The number of aryl methyl sites for hydroxylation is 1. The van der Waals surface area contributed by atoms with Crippen molar-refractivity contribution in [3.8, 4) is 0 Å². The Hall–Kier alpha value is -0.820. The molecular formula is C16H25N. The van der Waals surface area contributed by atoms with Gasteiger partial charge in [0.05, 0.1) is 0 Å². The van der Waals surface area contributed by atoms with Crippen molar-refractivity contribution >= 4 is 0 Å². The monoisotopic (exact) mass is 231 g/mol. The molecule has 1 saturated carbocycles. The lowest BCUT2D eigenvalue weighted by Crippen LogP contribution is -2.48. The van der Waals surface area contributed by atoms with Crippen LogP contribution in [0.5, 0.6) is 0 Å². The summed E-state index contributed by atoms with van der Waals surface area (Å²) < 4.78 is 0. The van der Waals surface area contributed by atoms with E-state index in [1.807, 2.05) is 0 Å². The predicted molar refractivity (Wildman–Crippen MR) is 74.4 cm³/mol. The zero-order chi connectivity index (χ0) is 12.3. The van der Waals surface area contributed by atoms with Crippen molar-refractivity contribution in [3.05, 3.63) is 35.4 Å². The van der Waals surface area contributed by atoms with Gasteiger partial charge in [-0.15, -0.1) is 0 Å². The van der Waals surface area contributed by atoms with Gasteiger partial charge in [-0.3, -0.25) is 0 Å². The second kappa shape index (κ2) is 5.22.